The number of hydrogen-bond donors (Lipinski definition) is 1. The van der Waals surface area contributed by atoms with Crippen molar-refractivity contribution in [3.63, 3.8) is 0 Å². The zero-order valence-electron chi connectivity index (χ0n) is 14.7. The molecule has 0 radical (unpaired) electrons. The maximum atomic E-state index is 12.9. The summed E-state index contributed by atoms with van der Waals surface area (Å²) in [4.78, 5) is 15.4. The molecule has 2 aromatic carbocycles. The molecule has 0 fully saturated rings. The van der Waals surface area contributed by atoms with Crippen molar-refractivity contribution < 1.29 is 31.5 Å². The summed E-state index contributed by atoms with van der Waals surface area (Å²) in [6.45, 7) is 1.75. The maximum Gasteiger partial charge on any atom is 0.499 e. The van der Waals surface area contributed by atoms with Crippen LogP contribution in [0.2, 0.25) is 0 Å². The van der Waals surface area contributed by atoms with Gasteiger partial charge in [-0.25, -0.2) is 9.67 Å². The van der Waals surface area contributed by atoms with Crippen LogP contribution in [0, 0.1) is 6.92 Å². The third kappa shape index (κ3) is 4.18. The van der Waals surface area contributed by atoms with Gasteiger partial charge in [0.25, 0.3) is 0 Å². The average Bonchev–Trinajstić information content (AvgIpc) is 3.10. The maximum absolute atomic E-state index is 12.9. The van der Waals surface area contributed by atoms with Crippen LogP contribution < -0.4 is 10.5 Å². The van der Waals surface area contributed by atoms with E-state index in [2.05, 4.69) is 14.8 Å². The Morgan fingerprint density at radius 2 is 1.72 bits per heavy atom. The van der Waals surface area contributed by atoms with Crippen LogP contribution in [0.1, 0.15) is 15.9 Å². The number of alkyl halides is 5. The first-order valence-electron chi connectivity index (χ1n) is 8.04. The summed E-state index contributed by atoms with van der Waals surface area (Å²) >= 11 is 0. The molecule has 6 nitrogen and oxygen atoms in total. The number of benzene rings is 2. The zero-order chi connectivity index (χ0) is 21.4. The van der Waals surface area contributed by atoms with Gasteiger partial charge in [-0.3, -0.25) is 4.79 Å². The van der Waals surface area contributed by atoms with E-state index < -0.39 is 23.9 Å². The third-order valence-corrected chi connectivity index (χ3v) is 3.92. The molecular weight excluding hydrogens is 399 g/mol. The molecular formula is C18H13F5N4O2. The molecule has 0 aliphatic rings. The average molecular weight is 412 g/mol. The Labute approximate surface area is 160 Å². The number of ether oxygens (including phenoxy) is 1. The second kappa shape index (κ2) is 7.15. The van der Waals surface area contributed by atoms with E-state index >= 15 is 0 Å². The van der Waals surface area contributed by atoms with Crippen molar-refractivity contribution in [2.45, 2.75) is 19.2 Å². The van der Waals surface area contributed by atoms with Crippen LogP contribution in [0.5, 0.6) is 5.75 Å². The second-order valence-electron chi connectivity index (χ2n) is 6.02. The third-order valence-electron chi connectivity index (χ3n) is 3.92. The van der Waals surface area contributed by atoms with Gasteiger partial charge in [0.15, 0.2) is 5.82 Å². The summed E-state index contributed by atoms with van der Waals surface area (Å²) in [6, 6.07) is 9.17. The van der Waals surface area contributed by atoms with Crippen LogP contribution in [0.25, 0.3) is 17.1 Å². The van der Waals surface area contributed by atoms with Gasteiger partial charge in [0.2, 0.25) is 5.91 Å². The molecule has 0 aliphatic carbocycles. The lowest BCUT2D eigenvalue weighted by Gasteiger charge is -2.20. The fraction of sp³-hybridized carbons (Fsp3) is 0.167. The lowest BCUT2D eigenvalue weighted by molar-refractivity contribution is -0.360. The van der Waals surface area contributed by atoms with Gasteiger partial charge in [-0.05, 0) is 48.9 Å². The van der Waals surface area contributed by atoms with E-state index in [1.54, 1.807) is 19.1 Å². The SMILES string of the molecule is Cc1cc(C(N)=O)ccc1-c1ncn(-c2ccc(OC(F)(F)C(F)(F)F)cc2)n1. The Kier molecular flexibility index (Phi) is 4.99. The van der Waals surface area contributed by atoms with Gasteiger partial charge in [0.05, 0.1) is 5.69 Å². The van der Waals surface area contributed by atoms with E-state index in [-0.39, 0.29) is 0 Å². The molecule has 3 aromatic rings. The molecule has 1 amide bonds. The highest BCUT2D eigenvalue weighted by molar-refractivity contribution is 5.93. The molecule has 1 heterocycles. The predicted molar refractivity (Wildman–Crippen MR) is 91.7 cm³/mol. The Hall–Kier alpha value is -3.50. The van der Waals surface area contributed by atoms with E-state index in [1.165, 1.54) is 29.2 Å². The van der Waals surface area contributed by atoms with Gasteiger partial charge in [0, 0.05) is 11.1 Å². The summed E-state index contributed by atoms with van der Waals surface area (Å²) in [5.74, 6) is -0.909. The van der Waals surface area contributed by atoms with Crippen molar-refractivity contribution in [3.05, 3.63) is 59.9 Å². The molecule has 0 spiro atoms. The highest BCUT2D eigenvalue weighted by Gasteiger charge is 2.61. The molecule has 152 valence electrons. The van der Waals surface area contributed by atoms with Crippen molar-refractivity contribution in [2.75, 3.05) is 0 Å². The number of carbonyl (C=O) groups excluding carboxylic acids is 1. The molecule has 0 aliphatic heterocycles. The standard InChI is InChI=1S/C18H13F5N4O2/c1-10-8-11(15(24)28)2-7-14(10)16-25-9-27(26-16)12-3-5-13(6-4-12)29-18(22,23)17(19,20)21/h2-9H,1H3,(H2,24,28). The fourth-order valence-electron chi connectivity index (χ4n) is 2.45. The molecule has 0 saturated heterocycles. The van der Waals surface area contributed by atoms with Crippen LogP contribution in [0.3, 0.4) is 0 Å². The lowest BCUT2D eigenvalue weighted by Crippen LogP contribution is -2.41. The summed E-state index contributed by atoms with van der Waals surface area (Å²) in [5, 5.41) is 4.25. The van der Waals surface area contributed by atoms with Crippen molar-refractivity contribution >= 4 is 5.91 Å². The number of halogens is 5. The minimum atomic E-state index is -5.83. The number of carbonyl (C=O) groups is 1. The molecule has 3 rings (SSSR count). The second-order valence-corrected chi connectivity index (χ2v) is 6.02. The highest BCUT2D eigenvalue weighted by Crippen LogP contribution is 2.37. The Balaban J connectivity index is 1.82. The van der Waals surface area contributed by atoms with Crippen molar-refractivity contribution in [2.24, 2.45) is 5.73 Å². The normalized spacial score (nSPS) is 12.1. The number of nitrogens with two attached hydrogens (primary N) is 1. The summed E-state index contributed by atoms with van der Waals surface area (Å²) < 4.78 is 67.5. The predicted octanol–water partition coefficient (Wildman–Crippen LogP) is 3.88. The first-order valence-corrected chi connectivity index (χ1v) is 8.04. The molecule has 0 bridgehead atoms. The van der Waals surface area contributed by atoms with E-state index in [0.29, 0.717) is 28.2 Å². The fourth-order valence-corrected chi connectivity index (χ4v) is 2.45. The van der Waals surface area contributed by atoms with Crippen molar-refractivity contribution in [1.82, 2.24) is 14.8 Å². The summed E-state index contributed by atoms with van der Waals surface area (Å²) in [5.41, 5.74) is 7.26. The van der Waals surface area contributed by atoms with E-state index in [9.17, 15) is 26.7 Å². The molecule has 11 heteroatoms. The van der Waals surface area contributed by atoms with Gasteiger partial charge in [-0.2, -0.15) is 22.0 Å². The highest BCUT2D eigenvalue weighted by atomic mass is 19.4. The lowest BCUT2D eigenvalue weighted by atomic mass is 10.0. The monoisotopic (exact) mass is 412 g/mol. The molecule has 0 saturated carbocycles. The molecule has 2 N–H and O–H groups in total. The number of primary amides is 1. The van der Waals surface area contributed by atoms with Gasteiger partial charge in [-0.15, -0.1) is 5.10 Å². The Morgan fingerprint density at radius 3 is 2.28 bits per heavy atom. The van der Waals surface area contributed by atoms with Crippen LogP contribution in [0.4, 0.5) is 22.0 Å². The van der Waals surface area contributed by atoms with Gasteiger partial charge >= 0.3 is 12.3 Å². The Bertz CT molecular complexity index is 1050. The van der Waals surface area contributed by atoms with E-state index in [4.69, 9.17) is 5.73 Å². The largest absolute Gasteiger partial charge is 0.499 e. The molecule has 0 atom stereocenters. The molecule has 1 aromatic heterocycles. The van der Waals surface area contributed by atoms with Gasteiger partial charge in [-0.1, -0.05) is 6.07 Å². The zero-order valence-corrected chi connectivity index (χ0v) is 14.7. The van der Waals surface area contributed by atoms with Crippen molar-refractivity contribution in [3.8, 4) is 22.8 Å². The smallest absolute Gasteiger partial charge is 0.426 e. The number of amides is 1. The number of aromatic nitrogens is 3. The minimum absolute atomic E-state index is 0.322. The first kappa shape index (κ1) is 20.2. The summed E-state index contributed by atoms with van der Waals surface area (Å²) in [6.07, 6.45) is -9.78. The quantitative estimate of drug-likeness (QED) is 0.645. The first-order chi connectivity index (χ1) is 13.5. The topological polar surface area (TPSA) is 83.0 Å². The van der Waals surface area contributed by atoms with Gasteiger partial charge < -0.3 is 10.5 Å². The molecule has 0 unspecified atom stereocenters. The van der Waals surface area contributed by atoms with Crippen LogP contribution in [0.15, 0.2) is 48.8 Å². The van der Waals surface area contributed by atoms with E-state index in [0.717, 1.165) is 12.1 Å². The summed E-state index contributed by atoms with van der Waals surface area (Å²) in [7, 11) is 0. The van der Waals surface area contributed by atoms with Crippen LogP contribution >= 0.6 is 0 Å². The number of nitrogens with zero attached hydrogens (tertiary/aromatic N) is 3. The van der Waals surface area contributed by atoms with Crippen molar-refractivity contribution in [1.29, 1.82) is 0 Å². The Morgan fingerprint density at radius 1 is 1.07 bits per heavy atom. The van der Waals surface area contributed by atoms with E-state index in [1.807, 2.05) is 0 Å². The minimum Gasteiger partial charge on any atom is -0.426 e. The van der Waals surface area contributed by atoms with Crippen LogP contribution in [-0.2, 0) is 0 Å². The number of rotatable bonds is 5. The molecule has 29 heavy (non-hydrogen) atoms. The number of aryl methyl sites for hydroxylation is 1. The van der Waals surface area contributed by atoms with Gasteiger partial charge in [0.1, 0.15) is 12.1 Å². The van der Waals surface area contributed by atoms with Crippen LogP contribution in [-0.4, -0.2) is 33.0 Å². The number of hydrogen-bond acceptors (Lipinski definition) is 4.